The molecule has 2 bridgehead atoms. The maximum atomic E-state index is 14.0. The van der Waals surface area contributed by atoms with Crippen LogP contribution in [0.5, 0.6) is 0 Å². The highest BCUT2D eigenvalue weighted by Crippen LogP contribution is 2.64. The predicted molar refractivity (Wildman–Crippen MR) is 138 cm³/mol. The van der Waals surface area contributed by atoms with E-state index in [4.69, 9.17) is 4.74 Å². The topological polar surface area (TPSA) is 108 Å². The second-order valence-electron chi connectivity index (χ2n) is 11.3. The van der Waals surface area contributed by atoms with Crippen molar-refractivity contribution in [2.24, 2.45) is 11.8 Å². The number of hydrogen-bond donors (Lipinski definition) is 3. The van der Waals surface area contributed by atoms with E-state index in [0.29, 0.717) is 45.2 Å². The number of nitrogens with one attached hydrogen (secondary N) is 2. The molecule has 1 aliphatic carbocycles. The second-order valence-corrected chi connectivity index (χ2v) is 11.3. The summed E-state index contributed by atoms with van der Waals surface area (Å²) in [6, 6.07) is 9.11. The fourth-order valence-corrected chi connectivity index (χ4v) is 7.47. The molecule has 3 saturated heterocycles. The first-order valence-electron chi connectivity index (χ1n) is 14.2. The number of likely N-dealkylation sites (tertiary alicyclic amines) is 1. The van der Waals surface area contributed by atoms with E-state index in [2.05, 4.69) is 10.6 Å². The molecule has 0 radical (unpaired) electrons. The number of aliphatic hydroxyl groups excluding tert-OH is 1. The number of fused-ring (bicyclic) bond motifs is 1. The van der Waals surface area contributed by atoms with E-state index in [1.165, 1.54) is 6.42 Å². The molecule has 1 spiro atoms. The number of carbonyl (C=O) groups excluding carboxylic acids is 3. The summed E-state index contributed by atoms with van der Waals surface area (Å²) in [5.41, 5.74) is -0.727. The van der Waals surface area contributed by atoms with Crippen molar-refractivity contribution in [2.45, 2.75) is 101 Å². The Hall–Kier alpha value is -2.45. The molecule has 3 N–H and O–H groups in total. The fourth-order valence-electron chi connectivity index (χ4n) is 7.47. The minimum absolute atomic E-state index is 0.0372. The van der Waals surface area contributed by atoms with Gasteiger partial charge in [-0.3, -0.25) is 14.4 Å². The normalized spacial score (nSPS) is 33.0. The second kappa shape index (κ2) is 10.7. The van der Waals surface area contributed by atoms with Gasteiger partial charge in [-0.05, 0) is 50.5 Å². The molecule has 1 saturated carbocycles. The number of amides is 3. The Morgan fingerprint density at radius 2 is 1.84 bits per heavy atom. The highest BCUT2D eigenvalue weighted by atomic mass is 16.5. The first-order chi connectivity index (χ1) is 18.0. The third-order valence-corrected chi connectivity index (χ3v) is 9.28. The lowest BCUT2D eigenvalue weighted by Gasteiger charge is -2.35. The predicted octanol–water partition coefficient (Wildman–Crippen LogP) is 2.68. The van der Waals surface area contributed by atoms with E-state index in [9.17, 15) is 19.5 Å². The van der Waals surface area contributed by atoms with Gasteiger partial charge in [0.25, 0.3) is 0 Å². The highest BCUT2D eigenvalue weighted by Gasteiger charge is 2.78. The van der Waals surface area contributed by atoms with Crippen LogP contribution in [0.25, 0.3) is 0 Å². The van der Waals surface area contributed by atoms with Crippen molar-refractivity contribution in [3.63, 3.8) is 0 Å². The maximum Gasteiger partial charge on any atom is 0.246 e. The largest absolute Gasteiger partial charge is 0.396 e. The standard InChI is InChI=1S/C29H41N3O5/c1-2-28-15-16-29(37-28)23(22(28)25(34)30-19-20-11-5-3-6-12-20)27(36)32(17-9-10-18-33)24(29)26(35)31-21-13-7-4-8-14-21/h3,5-6,11-12,21-24,33H,2,4,7-10,13-19H2,1H3,(H,30,34)(H,31,35)/t22-,23+,24?,28+,29?/m1/s1. The molecule has 3 heterocycles. The van der Waals surface area contributed by atoms with Crippen molar-refractivity contribution >= 4 is 17.7 Å². The van der Waals surface area contributed by atoms with Gasteiger partial charge in [0.1, 0.15) is 11.6 Å². The summed E-state index contributed by atoms with van der Waals surface area (Å²) in [7, 11) is 0. The average molecular weight is 512 g/mol. The van der Waals surface area contributed by atoms with Gasteiger partial charge in [-0.1, -0.05) is 56.5 Å². The molecular formula is C29H41N3O5. The van der Waals surface area contributed by atoms with Crippen molar-refractivity contribution in [1.29, 1.82) is 0 Å². The van der Waals surface area contributed by atoms with E-state index in [1.807, 2.05) is 37.3 Å². The lowest BCUT2D eigenvalue weighted by atomic mass is 9.65. The van der Waals surface area contributed by atoms with Crippen LogP contribution in [0.15, 0.2) is 30.3 Å². The molecule has 1 aromatic carbocycles. The van der Waals surface area contributed by atoms with Crippen LogP contribution in [0.3, 0.4) is 0 Å². The van der Waals surface area contributed by atoms with Crippen LogP contribution in [0.2, 0.25) is 0 Å². The Morgan fingerprint density at radius 3 is 2.54 bits per heavy atom. The van der Waals surface area contributed by atoms with Gasteiger partial charge in [-0.2, -0.15) is 0 Å². The van der Waals surface area contributed by atoms with Crippen molar-refractivity contribution in [1.82, 2.24) is 15.5 Å². The van der Waals surface area contributed by atoms with Crippen molar-refractivity contribution in [3.05, 3.63) is 35.9 Å². The van der Waals surface area contributed by atoms with Gasteiger partial charge in [0.05, 0.1) is 17.4 Å². The lowest BCUT2D eigenvalue weighted by Crippen LogP contribution is -2.57. The molecule has 37 heavy (non-hydrogen) atoms. The Balaban J connectivity index is 1.43. The van der Waals surface area contributed by atoms with Crippen molar-refractivity contribution in [2.75, 3.05) is 13.2 Å². The molecule has 0 aromatic heterocycles. The molecule has 4 aliphatic rings. The van der Waals surface area contributed by atoms with Crippen molar-refractivity contribution in [3.8, 4) is 0 Å². The summed E-state index contributed by atoms with van der Waals surface area (Å²) in [6.07, 6.45) is 8.33. The van der Waals surface area contributed by atoms with Gasteiger partial charge in [0.15, 0.2) is 0 Å². The summed E-state index contributed by atoms with van der Waals surface area (Å²) in [6.45, 7) is 2.81. The minimum atomic E-state index is -0.986. The summed E-state index contributed by atoms with van der Waals surface area (Å²) in [5.74, 6) is -1.78. The number of hydrogen-bond acceptors (Lipinski definition) is 5. The molecule has 1 aromatic rings. The van der Waals surface area contributed by atoms with E-state index in [-0.39, 0.29) is 30.4 Å². The molecule has 8 nitrogen and oxygen atoms in total. The van der Waals surface area contributed by atoms with Crippen LogP contribution in [-0.4, -0.2) is 64.2 Å². The first-order valence-corrected chi connectivity index (χ1v) is 14.2. The zero-order valence-electron chi connectivity index (χ0n) is 21.9. The summed E-state index contributed by atoms with van der Waals surface area (Å²) >= 11 is 0. The van der Waals surface area contributed by atoms with Gasteiger partial charge in [0, 0.05) is 25.7 Å². The summed E-state index contributed by atoms with van der Waals surface area (Å²) in [4.78, 5) is 43.3. The lowest BCUT2D eigenvalue weighted by molar-refractivity contribution is -0.148. The average Bonchev–Trinajstić information content (AvgIpc) is 3.52. The van der Waals surface area contributed by atoms with Gasteiger partial charge in [-0.25, -0.2) is 0 Å². The Bertz CT molecular complexity index is 997. The third kappa shape index (κ3) is 4.56. The van der Waals surface area contributed by atoms with Crippen LogP contribution in [0.4, 0.5) is 0 Å². The van der Waals surface area contributed by atoms with E-state index >= 15 is 0 Å². The van der Waals surface area contributed by atoms with Gasteiger partial charge in [0.2, 0.25) is 17.7 Å². The van der Waals surface area contributed by atoms with Crippen molar-refractivity contribution < 1.29 is 24.2 Å². The van der Waals surface area contributed by atoms with Crippen LogP contribution in [-0.2, 0) is 25.7 Å². The molecule has 3 amide bonds. The number of aliphatic hydroxyl groups is 1. The molecule has 5 atom stereocenters. The third-order valence-electron chi connectivity index (χ3n) is 9.28. The van der Waals surface area contributed by atoms with E-state index in [1.54, 1.807) is 4.90 Å². The first kappa shape index (κ1) is 26.2. The highest BCUT2D eigenvalue weighted by molar-refractivity contribution is 5.99. The number of carbonyl (C=O) groups is 3. The molecule has 202 valence electrons. The number of benzene rings is 1. The van der Waals surface area contributed by atoms with Gasteiger partial charge in [-0.15, -0.1) is 0 Å². The number of ether oxygens (including phenoxy) is 1. The smallest absolute Gasteiger partial charge is 0.246 e. The Labute approximate surface area is 219 Å². The molecule has 5 rings (SSSR count). The molecule has 2 unspecified atom stereocenters. The summed E-state index contributed by atoms with van der Waals surface area (Å²) < 4.78 is 6.80. The van der Waals surface area contributed by atoms with Gasteiger partial charge >= 0.3 is 0 Å². The number of unbranched alkanes of at least 4 members (excludes halogenated alkanes) is 1. The van der Waals surface area contributed by atoms with E-state index < -0.39 is 29.1 Å². The van der Waals surface area contributed by atoms with Crippen LogP contribution < -0.4 is 10.6 Å². The zero-order valence-corrected chi connectivity index (χ0v) is 21.9. The molecular weight excluding hydrogens is 470 g/mol. The Kier molecular flexibility index (Phi) is 7.59. The fraction of sp³-hybridized carbons (Fsp3) is 0.690. The molecule has 4 fully saturated rings. The number of nitrogens with zero attached hydrogens (tertiary/aromatic N) is 1. The SMILES string of the molecule is CC[C@@]12CCC3(O1)C(C(=O)NC1CCCCC1)N(CCCCO)C(=O)[C@@H]3[C@@H]2C(=O)NCc1ccccc1. The van der Waals surface area contributed by atoms with Crippen LogP contribution in [0, 0.1) is 11.8 Å². The molecule has 3 aliphatic heterocycles. The quantitative estimate of drug-likeness (QED) is 0.419. The Morgan fingerprint density at radius 1 is 1.08 bits per heavy atom. The maximum absolute atomic E-state index is 14.0. The summed E-state index contributed by atoms with van der Waals surface area (Å²) in [5, 5.41) is 15.7. The number of rotatable bonds is 10. The van der Waals surface area contributed by atoms with Crippen LogP contribution in [0.1, 0.15) is 76.7 Å². The zero-order chi connectivity index (χ0) is 26.0. The van der Waals surface area contributed by atoms with E-state index in [0.717, 1.165) is 31.2 Å². The monoisotopic (exact) mass is 511 g/mol. The van der Waals surface area contributed by atoms with Gasteiger partial charge < -0.3 is 25.4 Å². The minimum Gasteiger partial charge on any atom is -0.396 e. The molecule has 8 heteroatoms. The van der Waals surface area contributed by atoms with Crippen LogP contribution >= 0.6 is 0 Å².